The van der Waals surface area contributed by atoms with Crippen molar-refractivity contribution in [1.29, 1.82) is 0 Å². The second-order valence-electron chi connectivity index (χ2n) is 6.15. The van der Waals surface area contributed by atoms with E-state index < -0.39 is 0 Å². The molecule has 0 fully saturated rings. The Morgan fingerprint density at radius 3 is 2.35 bits per heavy atom. The van der Waals surface area contributed by atoms with Crippen molar-refractivity contribution in [2.45, 2.75) is 18.9 Å². The van der Waals surface area contributed by atoms with E-state index in [0.29, 0.717) is 12.6 Å². The predicted octanol–water partition coefficient (Wildman–Crippen LogP) is 3.98. The summed E-state index contributed by atoms with van der Waals surface area (Å²) in [7, 11) is 0. The van der Waals surface area contributed by atoms with Crippen LogP contribution in [0.25, 0.3) is 10.8 Å². The zero-order valence-electron chi connectivity index (χ0n) is 13.2. The van der Waals surface area contributed by atoms with Crippen molar-refractivity contribution in [3.05, 3.63) is 77.9 Å². The molecular weight excluding hydrogens is 282 g/mol. The van der Waals surface area contributed by atoms with Crippen LogP contribution in [0, 0.1) is 0 Å². The standard InChI is InChI=1S/C21H21NO/c1-2-8-18-15-19(14-17(18)7-1)22-12-13-23-21-11-5-9-16-6-3-4-10-20(16)21/h1-11,19,22H,12-15H2. The Bertz CT molecular complexity index is 781. The van der Waals surface area contributed by atoms with Gasteiger partial charge in [-0.15, -0.1) is 0 Å². The molecule has 116 valence electrons. The molecule has 4 rings (SSSR count). The summed E-state index contributed by atoms with van der Waals surface area (Å²) >= 11 is 0. The van der Waals surface area contributed by atoms with Gasteiger partial charge in [-0.3, -0.25) is 0 Å². The van der Waals surface area contributed by atoms with Crippen LogP contribution in [0.3, 0.4) is 0 Å². The van der Waals surface area contributed by atoms with Crippen LogP contribution in [0.4, 0.5) is 0 Å². The highest BCUT2D eigenvalue weighted by Crippen LogP contribution is 2.25. The molecule has 0 aromatic heterocycles. The van der Waals surface area contributed by atoms with Gasteiger partial charge in [-0.25, -0.2) is 0 Å². The van der Waals surface area contributed by atoms with Gasteiger partial charge in [-0.2, -0.15) is 0 Å². The molecule has 0 radical (unpaired) electrons. The van der Waals surface area contributed by atoms with E-state index in [4.69, 9.17) is 4.74 Å². The Labute approximate surface area is 137 Å². The molecule has 23 heavy (non-hydrogen) atoms. The first-order chi connectivity index (χ1) is 11.4. The number of hydrogen-bond donors (Lipinski definition) is 1. The van der Waals surface area contributed by atoms with E-state index >= 15 is 0 Å². The van der Waals surface area contributed by atoms with E-state index in [-0.39, 0.29) is 0 Å². The van der Waals surface area contributed by atoms with Gasteiger partial charge in [0, 0.05) is 18.0 Å². The molecule has 1 aliphatic carbocycles. The fourth-order valence-electron chi connectivity index (χ4n) is 3.45. The van der Waals surface area contributed by atoms with Crippen LogP contribution in [0.15, 0.2) is 66.7 Å². The first-order valence-corrected chi connectivity index (χ1v) is 8.31. The van der Waals surface area contributed by atoms with E-state index in [1.807, 2.05) is 6.07 Å². The Hall–Kier alpha value is -2.32. The molecule has 0 aliphatic heterocycles. The molecule has 0 heterocycles. The number of ether oxygens (including phenoxy) is 1. The smallest absolute Gasteiger partial charge is 0.127 e. The highest BCUT2D eigenvalue weighted by atomic mass is 16.5. The van der Waals surface area contributed by atoms with Gasteiger partial charge < -0.3 is 10.1 Å². The van der Waals surface area contributed by atoms with E-state index in [9.17, 15) is 0 Å². The highest BCUT2D eigenvalue weighted by Gasteiger charge is 2.19. The second-order valence-corrected chi connectivity index (χ2v) is 6.15. The number of nitrogens with one attached hydrogen (secondary N) is 1. The van der Waals surface area contributed by atoms with Gasteiger partial charge >= 0.3 is 0 Å². The maximum atomic E-state index is 5.99. The molecule has 0 saturated heterocycles. The lowest BCUT2D eigenvalue weighted by molar-refractivity contribution is 0.309. The average molecular weight is 303 g/mol. The summed E-state index contributed by atoms with van der Waals surface area (Å²) in [5.74, 6) is 0.972. The van der Waals surface area contributed by atoms with Crippen molar-refractivity contribution in [2.75, 3.05) is 13.2 Å². The third-order valence-electron chi connectivity index (χ3n) is 4.59. The molecule has 0 amide bonds. The van der Waals surface area contributed by atoms with Crippen LogP contribution in [-0.2, 0) is 12.8 Å². The van der Waals surface area contributed by atoms with Crippen LogP contribution < -0.4 is 10.1 Å². The normalized spacial score (nSPS) is 14.1. The van der Waals surface area contributed by atoms with E-state index in [1.54, 1.807) is 0 Å². The molecule has 0 spiro atoms. The maximum absolute atomic E-state index is 5.99. The largest absolute Gasteiger partial charge is 0.492 e. The zero-order chi connectivity index (χ0) is 15.5. The number of fused-ring (bicyclic) bond motifs is 2. The van der Waals surface area contributed by atoms with Crippen molar-refractivity contribution in [2.24, 2.45) is 0 Å². The summed E-state index contributed by atoms with van der Waals surface area (Å²) < 4.78 is 5.99. The molecular formula is C21H21NO. The van der Waals surface area contributed by atoms with Crippen molar-refractivity contribution in [3.8, 4) is 5.75 Å². The van der Waals surface area contributed by atoms with Crippen molar-refractivity contribution in [1.82, 2.24) is 5.32 Å². The quantitative estimate of drug-likeness (QED) is 0.720. The van der Waals surface area contributed by atoms with Crippen molar-refractivity contribution >= 4 is 10.8 Å². The predicted molar refractivity (Wildman–Crippen MR) is 95.1 cm³/mol. The second kappa shape index (κ2) is 6.43. The molecule has 2 heteroatoms. The first kappa shape index (κ1) is 14.3. The van der Waals surface area contributed by atoms with Crippen LogP contribution in [-0.4, -0.2) is 19.2 Å². The van der Waals surface area contributed by atoms with Crippen LogP contribution in [0.5, 0.6) is 5.75 Å². The maximum Gasteiger partial charge on any atom is 0.127 e. The fraction of sp³-hybridized carbons (Fsp3) is 0.238. The lowest BCUT2D eigenvalue weighted by Crippen LogP contribution is -2.33. The number of rotatable bonds is 5. The van der Waals surface area contributed by atoms with Gasteiger partial charge in [0.15, 0.2) is 0 Å². The molecule has 3 aromatic rings. The van der Waals surface area contributed by atoms with Gasteiger partial charge in [0.25, 0.3) is 0 Å². The summed E-state index contributed by atoms with van der Waals surface area (Å²) in [6.07, 6.45) is 2.26. The summed E-state index contributed by atoms with van der Waals surface area (Å²) in [5.41, 5.74) is 2.97. The van der Waals surface area contributed by atoms with Crippen LogP contribution >= 0.6 is 0 Å². The Morgan fingerprint density at radius 1 is 0.826 bits per heavy atom. The average Bonchev–Trinajstić information content (AvgIpc) is 3.01. The van der Waals surface area contributed by atoms with Gasteiger partial charge in [0.1, 0.15) is 12.4 Å². The topological polar surface area (TPSA) is 21.3 Å². The Morgan fingerprint density at radius 2 is 1.52 bits per heavy atom. The molecule has 2 nitrogen and oxygen atoms in total. The summed E-state index contributed by atoms with van der Waals surface area (Å²) in [5, 5.41) is 6.03. The number of benzene rings is 3. The summed E-state index contributed by atoms with van der Waals surface area (Å²) in [6, 6.07) is 23.9. The summed E-state index contributed by atoms with van der Waals surface area (Å²) in [6.45, 7) is 1.57. The van der Waals surface area contributed by atoms with Gasteiger partial charge in [-0.05, 0) is 35.4 Å². The van der Waals surface area contributed by atoms with E-state index in [2.05, 4.69) is 66.0 Å². The molecule has 0 bridgehead atoms. The summed E-state index contributed by atoms with van der Waals surface area (Å²) in [4.78, 5) is 0. The van der Waals surface area contributed by atoms with Gasteiger partial charge in [0.2, 0.25) is 0 Å². The number of hydrogen-bond acceptors (Lipinski definition) is 2. The monoisotopic (exact) mass is 303 g/mol. The minimum absolute atomic E-state index is 0.545. The fourth-order valence-corrected chi connectivity index (χ4v) is 3.45. The van der Waals surface area contributed by atoms with Crippen molar-refractivity contribution in [3.63, 3.8) is 0 Å². The highest BCUT2D eigenvalue weighted by molar-refractivity contribution is 5.88. The SMILES string of the molecule is c1ccc2c(c1)CC(NCCOc1cccc3ccccc13)C2. The minimum Gasteiger partial charge on any atom is -0.492 e. The third-order valence-corrected chi connectivity index (χ3v) is 4.59. The Balaban J connectivity index is 1.31. The lowest BCUT2D eigenvalue weighted by Gasteiger charge is -2.13. The van der Waals surface area contributed by atoms with Crippen LogP contribution in [0.1, 0.15) is 11.1 Å². The zero-order valence-corrected chi connectivity index (χ0v) is 13.2. The molecule has 0 unspecified atom stereocenters. The molecule has 0 atom stereocenters. The molecule has 1 aliphatic rings. The minimum atomic E-state index is 0.545. The third kappa shape index (κ3) is 3.08. The van der Waals surface area contributed by atoms with Crippen LogP contribution in [0.2, 0.25) is 0 Å². The molecule has 1 N–H and O–H groups in total. The van der Waals surface area contributed by atoms with E-state index in [0.717, 1.165) is 25.1 Å². The van der Waals surface area contributed by atoms with E-state index in [1.165, 1.54) is 21.9 Å². The first-order valence-electron chi connectivity index (χ1n) is 8.31. The molecule has 3 aromatic carbocycles. The molecule has 0 saturated carbocycles. The Kier molecular flexibility index (Phi) is 3.99. The van der Waals surface area contributed by atoms with Crippen molar-refractivity contribution < 1.29 is 4.74 Å². The van der Waals surface area contributed by atoms with Gasteiger partial charge in [-0.1, -0.05) is 60.7 Å². The van der Waals surface area contributed by atoms with Gasteiger partial charge in [0.05, 0.1) is 0 Å². The lowest BCUT2D eigenvalue weighted by atomic mass is 10.1.